The number of nitrogens with zero attached hydrogens (tertiary/aromatic N) is 1. The van der Waals surface area contributed by atoms with Gasteiger partial charge in [-0.05, 0) is 17.7 Å². The van der Waals surface area contributed by atoms with Crippen LogP contribution in [-0.4, -0.2) is 13.1 Å². The highest BCUT2D eigenvalue weighted by atomic mass is 32.2. The Hall–Kier alpha value is -1.21. The van der Waals surface area contributed by atoms with Crippen molar-refractivity contribution in [2.24, 2.45) is 5.92 Å². The standard InChI is InChI=1S/C12H15NO2S/c1-8(2)4-9-5-11(16-7-9)10(6-13)12(14)15-3/h7-8H,4-5H2,1-3H3/b11-10-. The summed E-state index contributed by atoms with van der Waals surface area (Å²) < 4.78 is 4.58. The first-order chi connectivity index (χ1) is 7.58. The van der Waals surface area contributed by atoms with Crippen molar-refractivity contribution in [3.05, 3.63) is 21.5 Å². The van der Waals surface area contributed by atoms with Crippen LogP contribution < -0.4 is 0 Å². The lowest BCUT2D eigenvalue weighted by molar-refractivity contribution is -0.135. The number of hydrogen-bond donors (Lipinski definition) is 0. The molecule has 0 aromatic heterocycles. The van der Waals surface area contributed by atoms with Crippen molar-refractivity contribution in [2.45, 2.75) is 26.7 Å². The molecule has 0 aromatic carbocycles. The van der Waals surface area contributed by atoms with Gasteiger partial charge in [-0.2, -0.15) is 5.26 Å². The van der Waals surface area contributed by atoms with Gasteiger partial charge in [-0.1, -0.05) is 19.4 Å². The minimum Gasteiger partial charge on any atom is -0.465 e. The van der Waals surface area contributed by atoms with Crippen molar-refractivity contribution in [1.82, 2.24) is 0 Å². The van der Waals surface area contributed by atoms with Crippen molar-refractivity contribution in [2.75, 3.05) is 7.11 Å². The lowest BCUT2D eigenvalue weighted by Crippen LogP contribution is -2.04. The average molecular weight is 237 g/mol. The van der Waals surface area contributed by atoms with Gasteiger partial charge in [0.15, 0.2) is 0 Å². The number of methoxy groups -OCH3 is 1. The molecule has 0 aliphatic carbocycles. The molecule has 4 heteroatoms. The molecule has 1 rings (SSSR count). The number of nitriles is 1. The third kappa shape index (κ3) is 3.14. The molecule has 0 amide bonds. The Morgan fingerprint density at radius 1 is 1.69 bits per heavy atom. The highest BCUT2D eigenvalue weighted by Crippen LogP contribution is 2.38. The Bertz CT molecular complexity index is 388. The van der Waals surface area contributed by atoms with E-state index in [-0.39, 0.29) is 5.57 Å². The molecule has 1 aliphatic heterocycles. The van der Waals surface area contributed by atoms with E-state index in [1.54, 1.807) is 0 Å². The molecule has 0 saturated heterocycles. The number of ether oxygens (including phenoxy) is 1. The van der Waals surface area contributed by atoms with Crippen molar-refractivity contribution in [1.29, 1.82) is 5.26 Å². The highest BCUT2D eigenvalue weighted by Gasteiger charge is 2.21. The Morgan fingerprint density at radius 3 is 2.88 bits per heavy atom. The zero-order chi connectivity index (χ0) is 12.1. The van der Waals surface area contributed by atoms with Crippen LogP contribution in [0.4, 0.5) is 0 Å². The second-order valence-corrected chi connectivity index (χ2v) is 5.03. The zero-order valence-corrected chi connectivity index (χ0v) is 10.6. The summed E-state index contributed by atoms with van der Waals surface area (Å²) in [6.45, 7) is 4.30. The number of carbonyl (C=O) groups excluding carboxylic acids is 1. The fraction of sp³-hybridized carbons (Fsp3) is 0.500. The number of hydrogen-bond acceptors (Lipinski definition) is 4. The fourth-order valence-electron chi connectivity index (χ4n) is 1.56. The summed E-state index contributed by atoms with van der Waals surface area (Å²) in [5.74, 6) is 0.0547. The fourth-order valence-corrected chi connectivity index (χ4v) is 2.56. The van der Waals surface area contributed by atoms with Crippen molar-refractivity contribution in [3.63, 3.8) is 0 Å². The third-order valence-corrected chi connectivity index (χ3v) is 3.29. The predicted octanol–water partition coefficient (Wildman–Crippen LogP) is 3.00. The molecule has 0 bridgehead atoms. The van der Waals surface area contributed by atoms with Crippen LogP contribution in [0, 0.1) is 17.2 Å². The summed E-state index contributed by atoms with van der Waals surface area (Å²) in [5.41, 5.74) is 1.43. The van der Waals surface area contributed by atoms with Crippen LogP contribution in [0.1, 0.15) is 26.7 Å². The molecule has 1 heterocycles. The van der Waals surface area contributed by atoms with E-state index in [4.69, 9.17) is 5.26 Å². The summed E-state index contributed by atoms with van der Waals surface area (Å²) in [6.07, 6.45) is 1.72. The SMILES string of the molecule is COC(=O)/C(C#N)=C1/CC(CC(C)C)=CS1. The number of rotatable bonds is 3. The van der Waals surface area contributed by atoms with E-state index in [9.17, 15) is 4.79 Å². The Kier molecular flexibility index (Phi) is 4.63. The normalized spacial score (nSPS) is 18.1. The maximum atomic E-state index is 11.3. The largest absolute Gasteiger partial charge is 0.465 e. The smallest absolute Gasteiger partial charge is 0.349 e. The van der Waals surface area contributed by atoms with Crippen LogP contribution in [0.2, 0.25) is 0 Å². The number of esters is 1. The minimum absolute atomic E-state index is 0.141. The molecule has 0 aromatic rings. The quantitative estimate of drug-likeness (QED) is 0.430. The molecule has 3 nitrogen and oxygen atoms in total. The molecule has 0 radical (unpaired) electrons. The second kappa shape index (κ2) is 5.76. The lowest BCUT2D eigenvalue weighted by Gasteiger charge is -2.05. The summed E-state index contributed by atoms with van der Waals surface area (Å²) in [4.78, 5) is 12.1. The van der Waals surface area contributed by atoms with E-state index in [0.717, 1.165) is 11.3 Å². The molecule has 0 N–H and O–H groups in total. The minimum atomic E-state index is -0.538. The predicted molar refractivity (Wildman–Crippen MR) is 64.4 cm³/mol. The molecular formula is C12H15NO2S. The van der Waals surface area contributed by atoms with Gasteiger partial charge in [0.1, 0.15) is 11.6 Å². The van der Waals surface area contributed by atoms with Gasteiger partial charge in [0.05, 0.1) is 7.11 Å². The zero-order valence-electron chi connectivity index (χ0n) is 9.74. The van der Waals surface area contributed by atoms with Crippen LogP contribution >= 0.6 is 11.8 Å². The van der Waals surface area contributed by atoms with E-state index in [1.165, 1.54) is 24.4 Å². The monoisotopic (exact) mass is 237 g/mol. The van der Waals surface area contributed by atoms with Crippen LogP contribution in [0.15, 0.2) is 21.5 Å². The first-order valence-corrected chi connectivity index (χ1v) is 6.02. The second-order valence-electron chi connectivity index (χ2n) is 4.07. The molecule has 86 valence electrons. The van der Waals surface area contributed by atoms with Gasteiger partial charge in [0, 0.05) is 11.3 Å². The van der Waals surface area contributed by atoms with Crippen molar-refractivity contribution >= 4 is 17.7 Å². The topological polar surface area (TPSA) is 50.1 Å². The van der Waals surface area contributed by atoms with E-state index in [2.05, 4.69) is 18.6 Å². The number of thioether (sulfide) groups is 1. The summed E-state index contributed by atoms with van der Waals surface area (Å²) in [6, 6.07) is 1.92. The molecular weight excluding hydrogens is 222 g/mol. The molecule has 0 unspecified atom stereocenters. The number of carbonyl (C=O) groups is 1. The van der Waals surface area contributed by atoms with Gasteiger partial charge in [-0.3, -0.25) is 0 Å². The van der Waals surface area contributed by atoms with Gasteiger partial charge in [0.2, 0.25) is 0 Å². The van der Waals surface area contributed by atoms with E-state index >= 15 is 0 Å². The molecule has 1 aliphatic rings. The van der Waals surface area contributed by atoms with E-state index in [0.29, 0.717) is 12.3 Å². The maximum Gasteiger partial charge on any atom is 0.349 e. The van der Waals surface area contributed by atoms with Crippen LogP contribution in [-0.2, 0) is 9.53 Å². The van der Waals surface area contributed by atoms with Gasteiger partial charge >= 0.3 is 5.97 Å². The van der Waals surface area contributed by atoms with Gasteiger partial charge < -0.3 is 4.74 Å². The molecule has 16 heavy (non-hydrogen) atoms. The van der Waals surface area contributed by atoms with Gasteiger partial charge in [-0.15, -0.1) is 11.8 Å². The average Bonchev–Trinajstić information content (AvgIpc) is 2.66. The van der Waals surface area contributed by atoms with Crippen LogP contribution in [0.25, 0.3) is 0 Å². The molecule has 0 saturated carbocycles. The van der Waals surface area contributed by atoms with Gasteiger partial charge in [-0.25, -0.2) is 4.79 Å². The Labute approximate surface area is 100 Å². The van der Waals surface area contributed by atoms with E-state index in [1.807, 2.05) is 11.5 Å². The third-order valence-electron chi connectivity index (χ3n) is 2.21. The van der Waals surface area contributed by atoms with Crippen molar-refractivity contribution < 1.29 is 9.53 Å². The van der Waals surface area contributed by atoms with Crippen LogP contribution in [0.3, 0.4) is 0 Å². The Balaban J connectivity index is 2.77. The Morgan fingerprint density at radius 2 is 2.38 bits per heavy atom. The summed E-state index contributed by atoms with van der Waals surface area (Å²) in [5, 5.41) is 10.9. The highest BCUT2D eigenvalue weighted by molar-refractivity contribution is 8.06. The maximum absolute atomic E-state index is 11.3. The first-order valence-electron chi connectivity index (χ1n) is 5.14. The summed E-state index contributed by atoms with van der Waals surface area (Å²) >= 11 is 1.46. The van der Waals surface area contributed by atoms with Crippen molar-refractivity contribution in [3.8, 4) is 6.07 Å². The molecule has 0 fully saturated rings. The van der Waals surface area contributed by atoms with E-state index < -0.39 is 5.97 Å². The van der Waals surface area contributed by atoms with Crippen LogP contribution in [0.5, 0.6) is 0 Å². The number of allylic oxidation sites excluding steroid dienone is 2. The molecule has 0 atom stereocenters. The lowest BCUT2D eigenvalue weighted by atomic mass is 10.0. The molecule has 0 spiro atoms. The first kappa shape index (κ1) is 12.9. The summed E-state index contributed by atoms with van der Waals surface area (Å²) in [7, 11) is 1.29. The van der Waals surface area contributed by atoms with Gasteiger partial charge in [0.25, 0.3) is 0 Å².